The fourth-order valence-corrected chi connectivity index (χ4v) is 0.820. The van der Waals surface area contributed by atoms with Crippen molar-refractivity contribution in [1.29, 1.82) is 0 Å². The second kappa shape index (κ2) is 2.61. The molecule has 5 nitrogen and oxygen atoms in total. The monoisotopic (exact) mass is 150 g/mol. The average Bonchev–Trinajstić information content (AvgIpc) is 2.58. The maximum atomic E-state index is 5.14. The summed E-state index contributed by atoms with van der Waals surface area (Å²) in [5, 5.41) is 0. The highest BCUT2D eigenvalue weighted by molar-refractivity contribution is 5.90. The molecule has 5 heteroatoms. The minimum absolute atomic E-state index is 0.512. The van der Waals surface area contributed by atoms with Gasteiger partial charge in [0, 0.05) is 0 Å². The lowest BCUT2D eigenvalue weighted by Crippen LogP contribution is -2.06. The minimum atomic E-state index is 0.512. The van der Waals surface area contributed by atoms with Gasteiger partial charge in [-0.1, -0.05) is 0 Å². The molecule has 0 radical (unpaired) electrons. The van der Waals surface area contributed by atoms with Crippen LogP contribution < -0.4 is 0 Å². The molecule has 1 aliphatic heterocycles. The molecule has 0 unspecified atom stereocenters. The summed E-state index contributed by atoms with van der Waals surface area (Å²) >= 11 is 0. The Labute approximate surface area is 63.2 Å². The lowest BCUT2D eigenvalue weighted by Gasteiger charge is -1.96. The van der Waals surface area contributed by atoms with E-state index in [-0.39, 0.29) is 0 Å². The number of rotatable bonds is 1. The lowest BCUT2D eigenvalue weighted by molar-refractivity contribution is 0.346. The van der Waals surface area contributed by atoms with Crippen LogP contribution in [0.3, 0.4) is 0 Å². The minimum Gasteiger partial charge on any atom is -0.473 e. The van der Waals surface area contributed by atoms with Crippen LogP contribution in [0.25, 0.3) is 0 Å². The standard InChI is InChI=1S/C6H6N4O/c1-2-11-6(8-1)5-9-3-7-4-10-5/h3-4H,1-2H2. The van der Waals surface area contributed by atoms with E-state index in [4.69, 9.17) is 4.74 Å². The summed E-state index contributed by atoms with van der Waals surface area (Å²) in [6, 6.07) is 0. The van der Waals surface area contributed by atoms with Crippen LogP contribution in [-0.4, -0.2) is 34.0 Å². The van der Waals surface area contributed by atoms with Gasteiger partial charge >= 0.3 is 0 Å². The van der Waals surface area contributed by atoms with Crippen molar-refractivity contribution in [1.82, 2.24) is 15.0 Å². The molecule has 2 heterocycles. The molecule has 2 rings (SSSR count). The zero-order chi connectivity index (χ0) is 7.52. The predicted molar refractivity (Wildman–Crippen MR) is 37.2 cm³/mol. The summed E-state index contributed by atoms with van der Waals surface area (Å²) in [6.45, 7) is 1.32. The Morgan fingerprint density at radius 2 is 2.09 bits per heavy atom. The number of hydrogen-bond donors (Lipinski definition) is 0. The Kier molecular flexibility index (Phi) is 1.47. The van der Waals surface area contributed by atoms with Crippen molar-refractivity contribution in [2.45, 2.75) is 0 Å². The first kappa shape index (κ1) is 6.21. The number of ether oxygens (including phenoxy) is 1. The molecule has 0 bridgehead atoms. The molecule has 0 N–H and O–H groups in total. The quantitative estimate of drug-likeness (QED) is 0.549. The van der Waals surface area contributed by atoms with Gasteiger partial charge in [-0.15, -0.1) is 0 Å². The summed E-state index contributed by atoms with van der Waals surface area (Å²) in [5.41, 5.74) is 0. The molecular formula is C6H6N4O. The van der Waals surface area contributed by atoms with Crippen LogP contribution in [0.15, 0.2) is 17.6 Å². The van der Waals surface area contributed by atoms with Crippen molar-refractivity contribution in [3.8, 4) is 0 Å². The highest BCUT2D eigenvalue weighted by atomic mass is 16.5. The Hall–Kier alpha value is -1.52. The second-order valence-corrected chi connectivity index (χ2v) is 2.00. The molecule has 56 valence electrons. The van der Waals surface area contributed by atoms with E-state index in [1.54, 1.807) is 0 Å². The molecule has 0 saturated carbocycles. The molecule has 11 heavy (non-hydrogen) atoms. The fraction of sp³-hybridized carbons (Fsp3) is 0.333. The Balaban J connectivity index is 2.29. The topological polar surface area (TPSA) is 60.3 Å². The zero-order valence-electron chi connectivity index (χ0n) is 5.77. The summed E-state index contributed by atoms with van der Waals surface area (Å²) < 4.78 is 5.14. The summed E-state index contributed by atoms with van der Waals surface area (Å²) in [5.74, 6) is 1.03. The number of aliphatic imine (C=N–C) groups is 1. The van der Waals surface area contributed by atoms with Gasteiger partial charge in [0.05, 0.1) is 6.54 Å². The molecular weight excluding hydrogens is 144 g/mol. The molecule has 0 amide bonds. The van der Waals surface area contributed by atoms with Crippen molar-refractivity contribution < 1.29 is 4.74 Å². The highest BCUT2D eigenvalue weighted by Crippen LogP contribution is 1.99. The van der Waals surface area contributed by atoms with Gasteiger partial charge in [-0.25, -0.2) is 19.9 Å². The molecule has 0 spiro atoms. The molecule has 0 atom stereocenters. The Morgan fingerprint density at radius 1 is 1.27 bits per heavy atom. The third-order valence-electron chi connectivity index (χ3n) is 1.27. The van der Waals surface area contributed by atoms with Crippen LogP contribution >= 0.6 is 0 Å². The van der Waals surface area contributed by atoms with Gasteiger partial charge in [0.15, 0.2) is 0 Å². The van der Waals surface area contributed by atoms with Crippen molar-refractivity contribution in [2.24, 2.45) is 4.99 Å². The van der Waals surface area contributed by atoms with Crippen LogP contribution in [0.4, 0.5) is 0 Å². The van der Waals surface area contributed by atoms with E-state index in [9.17, 15) is 0 Å². The van der Waals surface area contributed by atoms with E-state index in [1.165, 1.54) is 12.7 Å². The van der Waals surface area contributed by atoms with Crippen molar-refractivity contribution in [3.63, 3.8) is 0 Å². The summed E-state index contributed by atoms with van der Waals surface area (Å²) in [7, 11) is 0. The normalized spacial score (nSPS) is 15.8. The number of nitrogens with zero attached hydrogens (tertiary/aromatic N) is 4. The van der Waals surface area contributed by atoms with Crippen LogP contribution in [0.1, 0.15) is 5.82 Å². The molecule has 1 aromatic rings. The summed E-state index contributed by atoms with van der Waals surface area (Å²) in [6.07, 6.45) is 2.85. The summed E-state index contributed by atoms with van der Waals surface area (Å²) in [4.78, 5) is 15.5. The molecule has 1 aromatic heterocycles. The van der Waals surface area contributed by atoms with Gasteiger partial charge in [-0.3, -0.25) is 0 Å². The van der Waals surface area contributed by atoms with E-state index in [0.29, 0.717) is 24.9 Å². The van der Waals surface area contributed by atoms with Crippen molar-refractivity contribution in [3.05, 3.63) is 18.5 Å². The molecule has 0 aromatic carbocycles. The van der Waals surface area contributed by atoms with E-state index in [0.717, 1.165) is 0 Å². The maximum Gasteiger partial charge on any atom is 0.255 e. The van der Waals surface area contributed by atoms with E-state index >= 15 is 0 Å². The van der Waals surface area contributed by atoms with E-state index in [1.807, 2.05) is 0 Å². The van der Waals surface area contributed by atoms with Crippen LogP contribution in [-0.2, 0) is 4.74 Å². The van der Waals surface area contributed by atoms with Crippen molar-refractivity contribution >= 4 is 5.90 Å². The first-order chi connectivity index (χ1) is 5.47. The molecule has 0 saturated heterocycles. The number of aromatic nitrogens is 3. The number of hydrogen-bond acceptors (Lipinski definition) is 5. The Bertz CT molecular complexity index is 271. The third kappa shape index (κ3) is 1.17. The molecule has 1 aliphatic rings. The van der Waals surface area contributed by atoms with E-state index < -0.39 is 0 Å². The highest BCUT2D eigenvalue weighted by Gasteiger charge is 2.11. The van der Waals surface area contributed by atoms with Gasteiger partial charge in [-0.2, -0.15) is 0 Å². The lowest BCUT2D eigenvalue weighted by atomic mass is 10.6. The zero-order valence-corrected chi connectivity index (χ0v) is 5.77. The molecule has 0 fully saturated rings. The smallest absolute Gasteiger partial charge is 0.255 e. The van der Waals surface area contributed by atoms with Gasteiger partial charge in [0.1, 0.15) is 19.3 Å². The first-order valence-corrected chi connectivity index (χ1v) is 3.26. The van der Waals surface area contributed by atoms with Crippen LogP contribution in [0, 0.1) is 0 Å². The van der Waals surface area contributed by atoms with Crippen LogP contribution in [0.5, 0.6) is 0 Å². The predicted octanol–water partition coefficient (Wildman–Crippen LogP) is -0.352. The van der Waals surface area contributed by atoms with Crippen molar-refractivity contribution in [2.75, 3.05) is 13.2 Å². The SMILES string of the molecule is c1ncnc(C2=NCCO2)n1. The first-order valence-electron chi connectivity index (χ1n) is 3.26. The largest absolute Gasteiger partial charge is 0.473 e. The van der Waals surface area contributed by atoms with Gasteiger partial charge in [-0.05, 0) is 0 Å². The third-order valence-corrected chi connectivity index (χ3v) is 1.27. The fourth-order valence-electron chi connectivity index (χ4n) is 0.820. The second-order valence-electron chi connectivity index (χ2n) is 2.00. The maximum absolute atomic E-state index is 5.14. The van der Waals surface area contributed by atoms with Gasteiger partial charge in [0.2, 0.25) is 5.82 Å². The van der Waals surface area contributed by atoms with Crippen LogP contribution in [0.2, 0.25) is 0 Å². The average molecular weight is 150 g/mol. The van der Waals surface area contributed by atoms with E-state index in [2.05, 4.69) is 19.9 Å². The molecule has 0 aliphatic carbocycles. The van der Waals surface area contributed by atoms with Gasteiger partial charge in [0.25, 0.3) is 5.90 Å². The van der Waals surface area contributed by atoms with Gasteiger partial charge < -0.3 is 4.74 Å². The Morgan fingerprint density at radius 3 is 2.73 bits per heavy atom.